The molecule has 1 rings (SSSR count). The molecule has 0 radical (unpaired) electrons. The molecule has 0 bridgehead atoms. The Labute approximate surface area is 115 Å². The van der Waals surface area contributed by atoms with Crippen LogP contribution in [0.4, 0.5) is 11.4 Å². The molecule has 2 N–H and O–H groups in total. The minimum atomic E-state index is -0.0323. The zero-order chi connectivity index (χ0) is 11.3. The molecule has 4 nitrogen and oxygen atoms in total. The molecule has 0 fully saturated rings. The van der Waals surface area contributed by atoms with Gasteiger partial charge >= 0.3 is 0 Å². The number of rotatable bonds is 4. The number of hydrogen-bond acceptors (Lipinski definition) is 3. The van der Waals surface area contributed by atoms with Crippen LogP contribution >= 0.6 is 24.8 Å². The molecular formula is C11H19Cl2N3O. The van der Waals surface area contributed by atoms with E-state index < -0.39 is 0 Å². The molecule has 1 aromatic rings. The van der Waals surface area contributed by atoms with Crippen molar-refractivity contribution in [2.24, 2.45) is 0 Å². The number of nitrogens with one attached hydrogen (secondary N) is 2. The van der Waals surface area contributed by atoms with Crippen molar-refractivity contribution in [3.63, 3.8) is 0 Å². The summed E-state index contributed by atoms with van der Waals surface area (Å²) in [6, 6.07) is 7.72. The van der Waals surface area contributed by atoms with Gasteiger partial charge in [-0.05, 0) is 31.3 Å². The molecule has 0 spiro atoms. The van der Waals surface area contributed by atoms with E-state index in [0.717, 1.165) is 11.4 Å². The van der Waals surface area contributed by atoms with Crippen molar-refractivity contribution in [3.05, 3.63) is 24.3 Å². The van der Waals surface area contributed by atoms with Crippen molar-refractivity contribution in [3.8, 4) is 0 Å². The Kier molecular flexibility index (Phi) is 9.85. The highest BCUT2D eigenvalue weighted by Gasteiger charge is 2.00. The Hall–Kier alpha value is -0.970. The lowest BCUT2D eigenvalue weighted by atomic mass is 10.2. The topological polar surface area (TPSA) is 44.4 Å². The lowest BCUT2D eigenvalue weighted by Gasteiger charge is -2.12. The van der Waals surface area contributed by atoms with E-state index in [4.69, 9.17) is 0 Å². The summed E-state index contributed by atoms with van der Waals surface area (Å²) in [5, 5.41) is 5.59. The van der Waals surface area contributed by atoms with Crippen molar-refractivity contribution in [2.45, 2.75) is 0 Å². The number of likely N-dealkylation sites (N-methyl/N-ethyl adjacent to an activating group) is 1. The van der Waals surface area contributed by atoms with Gasteiger partial charge in [-0.3, -0.25) is 4.79 Å². The average molecular weight is 280 g/mol. The first-order valence-electron chi connectivity index (χ1n) is 4.85. The third-order valence-electron chi connectivity index (χ3n) is 2.00. The second kappa shape index (κ2) is 9.10. The molecule has 0 saturated carbocycles. The van der Waals surface area contributed by atoms with E-state index >= 15 is 0 Å². The smallest absolute Gasteiger partial charge is 0.238 e. The first-order chi connectivity index (χ1) is 7.13. The maximum Gasteiger partial charge on any atom is 0.238 e. The van der Waals surface area contributed by atoms with Gasteiger partial charge in [0.05, 0.1) is 6.54 Å². The van der Waals surface area contributed by atoms with Gasteiger partial charge in [0.2, 0.25) is 5.91 Å². The summed E-state index contributed by atoms with van der Waals surface area (Å²) >= 11 is 0. The van der Waals surface area contributed by atoms with Crippen molar-refractivity contribution >= 4 is 42.1 Å². The number of anilines is 2. The van der Waals surface area contributed by atoms with Crippen LogP contribution in [0.3, 0.4) is 0 Å². The molecule has 6 heteroatoms. The standard InChI is InChI=1S/C11H17N3O.2ClH/c1-12-8-11(15)13-9-4-6-10(7-5-9)14(2)3;;/h4-7,12H,8H2,1-3H3,(H,13,15);2*1H. The fraction of sp³-hybridized carbons (Fsp3) is 0.364. The third-order valence-corrected chi connectivity index (χ3v) is 2.00. The fourth-order valence-electron chi connectivity index (χ4n) is 1.21. The molecule has 17 heavy (non-hydrogen) atoms. The molecular weight excluding hydrogens is 261 g/mol. The predicted molar refractivity (Wildman–Crippen MR) is 77.8 cm³/mol. The molecule has 0 aliphatic rings. The normalized spacial score (nSPS) is 8.65. The van der Waals surface area contributed by atoms with Crippen LogP contribution in [0.5, 0.6) is 0 Å². The third kappa shape index (κ3) is 6.36. The zero-order valence-electron chi connectivity index (χ0n) is 10.2. The second-order valence-electron chi connectivity index (χ2n) is 3.52. The Morgan fingerprint density at radius 1 is 1.18 bits per heavy atom. The number of benzene rings is 1. The van der Waals surface area contributed by atoms with Crippen LogP contribution in [-0.2, 0) is 4.79 Å². The molecule has 0 aromatic heterocycles. The minimum absolute atomic E-state index is 0. The fourth-order valence-corrected chi connectivity index (χ4v) is 1.21. The van der Waals surface area contributed by atoms with E-state index in [1.807, 2.05) is 43.3 Å². The van der Waals surface area contributed by atoms with E-state index in [9.17, 15) is 4.79 Å². The molecule has 0 aliphatic carbocycles. The first-order valence-corrected chi connectivity index (χ1v) is 4.85. The van der Waals surface area contributed by atoms with Crippen LogP contribution in [0.25, 0.3) is 0 Å². The summed E-state index contributed by atoms with van der Waals surface area (Å²) in [4.78, 5) is 13.3. The summed E-state index contributed by atoms with van der Waals surface area (Å²) in [5.74, 6) is -0.0323. The summed E-state index contributed by atoms with van der Waals surface area (Å²) < 4.78 is 0. The van der Waals surface area contributed by atoms with E-state index in [1.165, 1.54) is 0 Å². The molecule has 0 aliphatic heterocycles. The number of carbonyl (C=O) groups excluding carboxylic acids is 1. The highest BCUT2D eigenvalue weighted by molar-refractivity contribution is 5.92. The lowest BCUT2D eigenvalue weighted by Crippen LogP contribution is -2.25. The van der Waals surface area contributed by atoms with Gasteiger partial charge in [0, 0.05) is 25.5 Å². The quantitative estimate of drug-likeness (QED) is 0.883. The number of hydrogen-bond donors (Lipinski definition) is 2. The van der Waals surface area contributed by atoms with Crippen molar-refractivity contribution in [1.82, 2.24) is 5.32 Å². The minimum Gasteiger partial charge on any atom is -0.378 e. The van der Waals surface area contributed by atoms with Crippen LogP contribution in [0.1, 0.15) is 0 Å². The van der Waals surface area contributed by atoms with Crippen molar-refractivity contribution in [1.29, 1.82) is 0 Å². The van der Waals surface area contributed by atoms with Crippen LogP contribution in [0, 0.1) is 0 Å². The van der Waals surface area contributed by atoms with Crippen molar-refractivity contribution < 1.29 is 4.79 Å². The second-order valence-corrected chi connectivity index (χ2v) is 3.52. The largest absolute Gasteiger partial charge is 0.378 e. The van der Waals surface area contributed by atoms with Gasteiger partial charge in [0.1, 0.15) is 0 Å². The van der Waals surface area contributed by atoms with Crippen LogP contribution in [0.2, 0.25) is 0 Å². The van der Waals surface area contributed by atoms with Gasteiger partial charge in [0.15, 0.2) is 0 Å². The molecule has 1 aromatic carbocycles. The van der Waals surface area contributed by atoms with E-state index in [1.54, 1.807) is 7.05 Å². The molecule has 1 amide bonds. The van der Waals surface area contributed by atoms with Crippen LogP contribution < -0.4 is 15.5 Å². The Balaban J connectivity index is 0. The molecule has 98 valence electrons. The SMILES string of the molecule is CNCC(=O)Nc1ccc(N(C)C)cc1.Cl.Cl. The van der Waals surface area contributed by atoms with E-state index in [-0.39, 0.29) is 30.7 Å². The molecule has 0 heterocycles. The number of amides is 1. The van der Waals surface area contributed by atoms with E-state index in [2.05, 4.69) is 10.6 Å². The van der Waals surface area contributed by atoms with Crippen molar-refractivity contribution in [2.75, 3.05) is 37.9 Å². The number of carbonyl (C=O) groups is 1. The molecule has 0 saturated heterocycles. The molecule has 0 unspecified atom stereocenters. The predicted octanol–water partition coefficient (Wildman–Crippen LogP) is 1.75. The summed E-state index contributed by atoms with van der Waals surface area (Å²) in [5.41, 5.74) is 1.93. The Bertz CT molecular complexity index is 328. The van der Waals surface area contributed by atoms with Gasteiger partial charge < -0.3 is 15.5 Å². The van der Waals surface area contributed by atoms with Gasteiger partial charge in [0.25, 0.3) is 0 Å². The van der Waals surface area contributed by atoms with Gasteiger partial charge in [-0.1, -0.05) is 0 Å². The molecule has 0 atom stereocenters. The van der Waals surface area contributed by atoms with Crippen LogP contribution in [0.15, 0.2) is 24.3 Å². The van der Waals surface area contributed by atoms with Gasteiger partial charge in [-0.2, -0.15) is 0 Å². The number of nitrogens with zero attached hydrogens (tertiary/aromatic N) is 1. The lowest BCUT2D eigenvalue weighted by molar-refractivity contribution is -0.115. The Morgan fingerprint density at radius 2 is 1.71 bits per heavy atom. The van der Waals surface area contributed by atoms with Gasteiger partial charge in [-0.25, -0.2) is 0 Å². The Morgan fingerprint density at radius 3 is 2.12 bits per heavy atom. The summed E-state index contributed by atoms with van der Waals surface area (Å²) in [7, 11) is 5.71. The summed E-state index contributed by atoms with van der Waals surface area (Å²) in [6.45, 7) is 0.329. The maximum absolute atomic E-state index is 11.2. The summed E-state index contributed by atoms with van der Waals surface area (Å²) in [6.07, 6.45) is 0. The zero-order valence-corrected chi connectivity index (χ0v) is 11.8. The van der Waals surface area contributed by atoms with E-state index in [0.29, 0.717) is 6.54 Å². The highest BCUT2D eigenvalue weighted by atomic mass is 35.5. The average Bonchev–Trinajstić information content (AvgIpc) is 2.18. The first kappa shape index (κ1) is 18.4. The van der Waals surface area contributed by atoms with Crippen LogP contribution in [-0.4, -0.2) is 33.6 Å². The van der Waals surface area contributed by atoms with Gasteiger partial charge in [-0.15, -0.1) is 24.8 Å². The monoisotopic (exact) mass is 279 g/mol. The highest BCUT2D eigenvalue weighted by Crippen LogP contribution is 2.15. The number of halogens is 2. The maximum atomic E-state index is 11.2.